The van der Waals surface area contributed by atoms with Crippen molar-refractivity contribution in [2.24, 2.45) is 0 Å². The monoisotopic (exact) mass is 492 g/mol. The third-order valence-electron chi connectivity index (χ3n) is 6.65. The molecule has 0 N–H and O–H groups in total. The highest BCUT2D eigenvalue weighted by Crippen LogP contribution is 2.36. The second kappa shape index (κ2) is 12.1. The quantitative estimate of drug-likeness (QED) is 0.220. The maximum absolute atomic E-state index is 14.9. The molecular formula is C31H31F3O2. The van der Waals surface area contributed by atoms with Crippen LogP contribution in [0.25, 0.3) is 23.3 Å². The lowest BCUT2D eigenvalue weighted by molar-refractivity contribution is 0.0325. The normalized spacial score (nSPS) is 17.9. The van der Waals surface area contributed by atoms with Crippen molar-refractivity contribution >= 4 is 12.2 Å². The van der Waals surface area contributed by atoms with E-state index in [9.17, 15) is 13.2 Å². The zero-order chi connectivity index (χ0) is 25.5. The van der Waals surface area contributed by atoms with Crippen LogP contribution in [0.5, 0.6) is 5.75 Å². The standard InChI is InChI=1S/C31H31F3O2/c1-3-19-36-29-18-14-25(20-28(29)32)22-8-5-21(6-9-22)7-10-24-13-17-27(31(34)30(24)33)23-11-15-26(16-12-23)35-4-2/h3,5-10,13-14,17-18,20,23,26H,1,4,11-12,15-16,19H2,2H3/b10-7+. The molecular weight excluding hydrogens is 461 g/mol. The molecule has 36 heavy (non-hydrogen) atoms. The van der Waals surface area contributed by atoms with Crippen LogP contribution >= 0.6 is 0 Å². The first-order valence-electron chi connectivity index (χ1n) is 12.4. The van der Waals surface area contributed by atoms with Gasteiger partial charge in [-0.15, -0.1) is 0 Å². The summed E-state index contributed by atoms with van der Waals surface area (Å²) in [7, 11) is 0. The van der Waals surface area contributed by atoms with Crippen molar-refractivity contribution in [2.75, 3.05) is 13.2 Å². The van der Waals surface area contributed by atoms with E-state index in [0.29, 0.717) is 17.7 Å². The van der Waals surface area contributed by atoms with E-state index in [1.54, 1.807) is 42.5 Å². The van der Waals surface area contributed by atoms with E-state index >= 15 is 0 Å². The molecule has 5 heteroatoms. The highest BCUT2D eigenvalue weighted by molar-refractivity contribution is 5.72. The number of hydrogen-bond acceptors (Lipinski definition) is 2. The lowest BCUT2D eigenvalue weighted by Gasteiger charge is -2.29. The minimum atomic E-state index is -0.818. The maximum atomic E-state index is 14.9. The summed E-state index contributed by atoms with van der Waals surface area (Å²) in [6, 6.07) is 15.6. The van der Waals surface area contributed by atoms with Gasteiger partial charge >= 0.3 is 0 Å². The summed E-state index contributed by atoms with van der Waals surface area (Å²) in [6.45, 7) is 6.45. The summed E-state index contributed by atoms with van der Waals surface area (Å²) >= 11 is 0. The van der Waals surface area contributed by atoms with Crippen LogP contribution < -0.4 is 4.74 Å². The number of ether oxygens (including phenoxy) is 2. The van der Waals surface area contributed by atoms with E-state index < -0.39 is 17.5 Å². The molecule has 1 aliphatic carbocycles. The average molecular weight is 493 g/mol. The second-order valence-corrected chi connectivity index (χ2v) is 9.00. The summed E-state index contributed by atoms with van der Waals surface area (Å²) in [5.74, 6) is -1.82. The molecule has 0 amide bonds. The van der Waals surface area contributed by atoms with E-state index in [0.717, 1.165) is 36.8 Å². The molecule has 0 saturated heterocycles. The first-order chi connectivity index (χ1) is 17.5. The van der Waals surface area contributed by atoms with Crippen LogP contribution in [0, 0.1) is 17.5 Å². The van der Waals surface area contributed by atoms with Gasteiger partial charge in [-0.3, -0.25) is 0 Å². The molecule has 0 aliphatic heterocycles. The van der Waals surface area contributed by atoms with Crippen molar-refractivity contribution in [3.8, 4) is 16.9 Å². The molecule has 0 radical (unpaired) electrons. The van der Waals surface area contributed by atoms with Crippen molar-refractivity contribution < 1.29 is 22.6 Å². The van der Waals surface area contributed by atoms with Gasteiger partial charge in [0.1, 0.15) is 6.61 Å². The second-order valence-electron chi connectivity index (χ2n) is 9.00. The van der Waals surface area contributed by atoms with Crippen LogP contribution in [0.15, 0.2) is 67.3 Å². The molecule has 1 fully saturated rings. The van der Waals surface area contributed by atoms with Crippen molar-refractivity contribution in [2.45, 2.75) is 44.6 Å². The predicted octanol–water partition coefficient (Wildman–Crippen LogP) is 8.57. The third kappa shape index (κ3) is 6.08. The Balaban J connectivity index is 1.43. The van der Waals surface area contributed by atoms with Gasteiger partial charge in [-0.1, -0.05) is 67.3 Å². The summed E-state index contributed by atoms with van der Waals surface area (Å²) in [5.41, 5.74) is 3.04. The first-order valence-corrected chi connectivity index (χ1v) is 12.4. The Morgan fingerprint density at radius 1 is 0.861 bits per heavy atom. The molecule has 0 aromatic heterocycles. The Morgan fingerprint density at radius 3 is 2.25 bits per heavy atom. The van der Waals surface area contributed by atoms with Gasteiger partial charge in [-0.25, -0.2) is 13.2 Å². The number of halogens is 3. The van der Waals surface area contributed by atoms with Crippen molar-refractivity contribution in [1.82, 2.24) is 0 Å². The van der Waals surface area contributed by atoms with Crippen molar-refractivity contribution in [1.29, 1.82) is 0 Å². The highest BCUT2D eigenvalue weighted by Gasteiger charge is 2.26. The van der Waals surface area contributed by atoms with E-state index in [1.807, 2.05) is 31.2 Å². The van der Waals surface area contributed by atoms with Crippen LogP contribution in [0.3, 0.4) is 0 Å². The van der Waals surface area contributed by atoms with Crippen molar-refractivity contribution in [3.05, 3.63) is 101 Å². The molecule has 2 nitrogen and oxygen atoms in total. The number of benzene rings is 3. The molecule has 1 aliphatic rings. The molecule has 0 unspecified atom stereocenters. The first kappa shape index (κ1) is 25.8. The highest BCUT2D eigenvalue weighted by atomic mass is 19.2. The molecule has 0 bridgehead atoms. The third-order valence-corrected chi connectivity index (χ3v) is 6.65. The fourth-order valence-corrected chi connectivity index (χ4v) is 4.72. The Hall–Kier alpha value is -3.31. The SMILES string of the molecule is C=CCOc1ccc(-c2ccc(/C=C/c3ccc(C4CCC(OCC)CC4)c(F)c3F)cc2)cc1F. The summed E-state index contributed by atoms with van der Waals surface area (Å²) in [4.78, 5) is 0. The Morgan fingerprint density at radius 2 is 1.58 bits per heavy atom. The summed E-state index contributed by atoms with van der Waals surface area (Å²) in [5, 5.41) is 0. The van der Waals surface area contributed by atoms with Crippen LogP contribution in [0.4, 0.5) is 13.2 Å². The molecule has 3 aromatic carbocycles. The molecule has 4 rings (SSSR count). The Kier molecular flexibility index (Phi) is 8.65. The van der Waals surface area contributed by atoms with E-state index in [4.69, 9.17) is 9.47 Å². The van der Waals surface area contributed by atoms with E-state index in [2.05, 4.69) is 6.58 Å². The molecule has 0 heterocycles. The van der Waals surface area contributed by atoms with Gasteiger partial charge in [-0.05, 0) is 72.9 Å². The van der Waals surface area contributed by atoms with Crippen LogP contribution in [-0.4, -0.2) is 19.3 Å². The zero-order valence-electron chi connectivity index (χ0n) is 20.5. The van der Waals surface area contributed by atoms with Gasteiger partial charge in [0.25, 0.3) is 0 Å². The molecule has 0 spiro atoms. The molecule has 188 valence electrons. The number of rotatable bonds is 9. The fraction of sp³-hybridized carbons (Fsp3) is 0.290. The summed E-state index contributed by atoms with van der Waals surface area (Å²) < 4.78 is 55.0. The largest absolute Gasteiger partial charge is 0.486 e. The van der Waals surface area contributed by atoms with Crippen LogP contribution in [-0.2, 0) is 4.74 Å². The Labute approximate surface area is 211 Å². The molecule has 0 atom stereocenters. The van der Waals surface area contributed by atoms with Gasteiger partial charge in [0.15, 0.2) is 23.2 Å². The number of hydrogen-bond donors (Lipinski definition) is 0. The Bertz CT molecular complexity index is 1210. The van der Waals surface area contributed by atoms with Gasteiger partial charge < -0.3 is 9.47 Å². The van der Waals surface area contributed by atoms with Crippen molar-refractivity contribution in [3.63, 3.8) is 0 Å². The van der Waals surface area contributed by atoms with Gasteiger partial charge in [0.2, 0.25) is 0 Å². The predicted molar refractivity (Wildman–Crippen MR) is 139 cm³/mol. The van der Waals surface area contributed by atoms with Crippen LogP contribution in [0.2, 0.25) is 0 Å². The fourth-order valence-electron chi connectivity index (χ4n) is 4.72. The minimum Gasteiger partial charge on any atom is -0.486 e. The molecule has 1 saturated carbocycles. The lowest BCUT2D eigenvalue weighted by atomic mass is 9.82. The summed E-state index contributed by atoms with van der Waals surface area (Å²) in [6.07, 6.45) is 8.45. The smallest absolute Gasteiger partial charge is 0.166 e. The van der Waals surface area contributed by atoms with E-state index in [-0.39, 0.29) is 29.9 Å². The van der Waals surface area contributed by atoms with E-state index in [1.165, 1.54) is 6.07 Å². The van der Waals surface area contributed by atoms with Gasteiger partial charge in [0.05, 0.1) is 6.10 Å². The molecule has 3 aromatic rings. The van der Waals surface area contributed by atoms with Gasteiger partial charge in [0, 0.05) is 12.2 Å². The minimum absolute atomic E-state index is 0.0224. The lowest BCUT2D eigenvalue weighted by Crippen LogP contribution is -2.21. The topological polar surface area (TPSA) is 18.5 Å². The van der Waals surface area contributed by atoms with Crippen LogP contribution in [0.1, 0.15) is 55.2 Å². The average Bonchev–Trinajstić information content (AvgIpc) is 2.90. The van der Waals surface area contributed by atoms with Gasteiger partial charge in [-0.2, -0.15) is 0 Å². The zero-order valence-corrected chi connectivity index (χ0v) is 20.5. The maximum Gasteiger partial charge on any atom is 0.166 e.